The first-order valence-electron chi connectivity index (χ1n) is 5.99. The summed E-state index contributed by atoms with van der Waals surface area (Å²) in [5, 5.41) is 28.7. The molecule has 1 aliphatic carbocycles. The van der Waals surface area contributed by atoms with Gasteiger partial charge >= 0.3 is 11.7 Å². The summed E-state index contributed by atoms with van der Waals surface area (Å²) < 4.78 is 1.06. The van der Waals surface area contributed by atoms with Gasteiger partial charge in [0.2, 0.25) is 0 Å². The molecule has 1 saturated carbocycles. The third-order valence-electron chi connectivity index (χ3n) is 3.65. The number of aliphatic carboxylic acids is 1. The SMILES string of the molecule is N[C@H](C(=O)O)[C@@H]1C[C@H](n2ccc(=O)[nH]c2=O)[C@@H](O)[C@H]1O. The van der Waals surface area contributed by atoms with Crippen LogP contribution < -0.4 is 17.0 Å². The molecule has 20 heavy (non-hydrogen) atoms. The minimum atomic E-state index is -1.36. The molecular weight excluding hydrogens is 270 g/mol. The average molecular weight is 285 g/mol. The van der Waals surface area contributed by atoms with Crippen LogP contribution >= 0.6 is 0 Å². The monoisotopic (exact) mass is 285 g/mol. The van der Waals surface area contributed by atoms with Crippen molar-refractivity contribution in [2.75, 3.05) is 0 Å². The molecule has 0 amide bonds. The second-order valence-corrected chi connectivity index (χ2v) is 4.83. The predicted molar refractivity (Wildman–Crippen MR) is 66.1 cm³/mol. The summed E-state index contributed by atoms with van der Waals surface area (Å²) in [6.07, 6.45) is -1.49. The largest absolute Gasteiger partial charge is 0.480 e. The summed E-state index contributed by atoms with van der Waals surface area (Å²) >= 11 is 0. The first-order chi connectivity index (χ1) is 9.32. The molecule has 2 rings (SSSR count). The van der Waals surface area contributed by atoms with E-state index in [1.807, 2.05) is 4.98 Å². The van der Waals surface area contributed by atoms with Crippen molar-refractivity contribution in [1.82, 2.24) is 9.55 Å². The highest BCUT2D eigenvalue weighted by Gasteiger charge is 2.46. The first kappa shape index (κ1) is 14.4. The molecule has 1 aliphatic rings. The van der Waals surface area contributed by atoms with Gasteiger partial charge in [0.15, 0.2) is 0 Å². The van der Waals surface area contributed by atoms with Crippen molar-refractivity contribution in [3.8, 4) is 0 Å². The maximum absolute atomic E-state index is 11.7. The van der Waals surface area contributed by atoms with Gasteiger partial charge in [0.25, 0.3) is 5.56 Å². The molecule has 1 fully saturated rings. The van der Waals surface area contributed by atoms with Gasteiger partial charge in [-0.3, -0.25) is 19.1 Å². The van der Waals surface area contributed by atoms with Gasteiger partial charge in [-0.05, 0) is 6.42 Å². The van der Waals surface area contributed by atoms with Crippen LogP contribution in [0.25, 0.3) is 0 Å². The van der Waals surface area contributed by atoms with Gasteiger partial charge in [0.1, 0.15) is 12.1 Å². The van der Waals surface area contributed by atoms with Gasteiger partial charge in [-0.1, -0.05) is 0 Å². The minimum absolute atomic E-state index is 0.0156. The van der Waals surface area contributed by atoms with E-state index in [0.29, 0.717) is 0 Å². The van der Waals surface area contributed by atoms with Crippen molar-refractivity contribution in [3.05, 3.63) is 33.1 Å². The highest BCUT2D eigenvalue weighted by Crippen LogP contribution is 2.35. The number of H-pyrrole nitrogens is 1. The van der Waals surface area contributed by atoms with Crippen LogP contribution in [0.5, 0.6) is 0 Å². The Kier molecular flexibility index (Phi) is 3.75. The Morgan fingerprint density at radius 3 is 2.60 bits per heavy atom. The van der Waals surface area contributed by atoms with Crippen LogP contribution in [0.4, 0.5) is 0 Å². The quantitative estimate of drug-likeness (QED) is 0.402. The molecule has 0 unspecified atom stereocenters. The molecule has 9 nitrogen and oxygen atoms in total. The van der Waals surface area contributed by atoms with Crippen molar-refractivity contribution in [3.63, 3.8) is 0 Å². The van der Waals surface area contributed by atoms with Crippen molar-refractivity contribution < 1.29 is 20.1 Å². The summed E-state index contributed by atoms with van der Waals surface area (Å²) in [4.78, 5) is 35.5. The molecule has 110 valence electrons. The highest BCUT2D eigenvalue weighted by atomic mass is 16.4. The van der Waals surface area contributed by atoms with Crippen LogP contribution in [0.1, 0.15) is 12.5 Å². The maximum Gasteiger partial charge on any atom is 0.328 e. The number of aliphatic hydroxyl groups is 2. The smallest absolute Gasteiger partial charge is 0.328 e. The fourth-order valence-corrected chi connectivity index (χ4v) is 2.55. The molecule has 0 saturated heterocycles. The number of carboxylic acids is 1. The predicted octanol–water partition coefficient (Wildman–Crippen LogP) is -2.77. The van der Waals surface area contributed by atoms with Crippen molar-refractivity contribution in [2.24, 2.45) is 11.7 Å². The van der Waals surface area contributed by atoms with E-state index in [1.54, 1.807) is 0 Å². The first-order valence-corrected chi connectivity index (χ1v) is 5.99. The van der Waals surface area contributed by atoms with Crippen LogP contribution in [-0.4, -0.2) is 49.1 Å². The number of hydrogen-bond donors (Lipinski definition) is 5. The fraction of sp³-hybridized carbons (Fsp3) is 0.545. The van der Waals surface area contributed by atoms with Gasteiger partial charge in [0, 0.05) is 18.2 Å². The number of nitrogens with zero attached hydrogens (tertiary/aromatic N) is 1. The Morgan fingerprint density at radius 1 is 1.40 bits per heavy atom. The van der Waals surface area contributed by atoms with Gasteiger partial charge in [-0.2, -0.15) is 0 Å². The minimum Gasteiger partial charge on any atom is -0.480 e. The lowest BCUT2D eigenvalue weighted by molar-refractivity contribution is -0.141. The molecule has 6 N–H and O–H groups in total. The zero-order valence-electron chi connectivity index (χ0n) is 10.3. The summed E-state index contributed by atoms with van der Waals surface area (Å²) in [6.45, 7) is 0. The number of carbonyl (C=O) groups is 1. The van der Waals surface area contributed by atoms with Gasteiger partial charge in [-0.25, -0.2) is 4.79 Å². The lowest BCUT2D eigenvalue weighted by Gasteiger charge is -2.19. The molecular formula is C11H15N3O6. The van der Waals surface area contributed by atoms with Crippen molar-refractivity contribution >= 4 is 5.97 Å². The number of aliphatic hydroxyl groups excluding tert-OH is 2. The molecule has 1 heterocycles. The van der Waals surface area contributed by atoms with Gasteiger partial charge in [-0.15, -0.1) is 0 Å². The molecule has 1 aromatic heterocycles. The zero-order valence-corrected chi connectivity index (χ0v) is 10.3. The molecule has 0 radical (unpaired) electrons. The summed E-state index contributed by atoms with van der Waals surface area (Å²) in [7, 11) is 0. The van der Waals surface area contributed by atoms with E-state index in [-0.39, 0.29) is 6.42 Å². The maximum atomic E-state index is 11.7. The van der Waals surface area contributed by atoms with Crippen LogP contribution in [-0.2, 0) is 4.79 Å². The van der Waals surface area contributed by atoms with E-state index < -0.39 is 47.4 Å². The summed E-state index contributed by atoms with van der Waals surface area (Å²) in [5.74, 6) is -2.18. The number of nitrogens with two attached hydrogens (primary N) is 1. The normalized spacial score (nSPS) is 31.1. The Hall–Kier alpha value is -1.97. The second-order valence-electron chi connectivity index (χ2n) is 4.83. The van der Waals surface area contributed by atoms with E-state index in [0.717, 1.165) is 10.6 Å². The Balaban J connectivity index is 2.33. The third-order valence-corrected chi connectivity index (χ3v) is 3.65. The number of carboxylic acid groups (broad SMARTS) is 1. The number of rotatable bonds is 3. The second kappa shape index (κ2) is 5.19. The lowest BCUT2D eigenvalue weighted by Crippen LogP contribution is -2.43. The van der Waals surface area contributed by atoms with Gasteiger partial charge in [0.05, 0.1) is 12.1 Å². The number of nitrogens with one attached hydrogen (secondary N) is 1. The summed E-state index contributed by atoms with van der Waals surface area (Å²) in [5.41, 5.74) is 4.14. The molecule has 5 atom stereocenters. The van der Waals surface area contributed by atoms with Crippen LogP contribution in [0.3, 0.4) is 0 Å². The highest BCUT2D eigenvalue weighted by molar-refractivity contribution is 5.73. The van der Waals surface area contributed by atoms with E-state index >= 15 is 0 Å². The molecule has 9 heteroatoms. The fourth-order valence-electron chi connectivity index (χ4n) is 2.55. The van der Waals surface area contributed by atoms with Crippen LogP contribution in [0, 0.1) is 5.92 Å². The Bertz CT molecular complexity index is 623. The standard InChI is InChI=1S/C11H15N3O6/c12-7(10(18)19)4-3-5(9(17)8(4)16)14-2-1-6(15)13-11(14)20/h1-2,4-5,7-9,16-17H,3,12H2,(H,18,19)(H,13,15,20)/t4-,5-,7-,8-,9+/m0/s1. The van der Waals surface area contributed by atoms with Gasteiger partial charge < -0.3 is 21.1 Å². The van der Waals surface area contributed by atoms with E-state index in [4.69, 9.17) is 10.8 Å². The topological polar surface area (TPSA) is 159 Å². The Labute approximate surface area is 112 Å². The molecule has 0 aromatic carbocycles. The zero-order chi connectivity index (χ0) is 15.0. The van der Waals surface area contributed by atoms with Crippen molar-refractivity contribution in [2.45, 2.75) is 30.7 Å². The lowest BCUT2D eigenvalue weighted by atomic mass is 9.96. The van der Waals surface area contributed by atoms with E-state index in [9.17, 15) is 24.6 Å². The molecule has 0 bridgehead atoms. The number of hydrogen-bond acceptors (Lipinski definition) is 6. The van der Waals surface area contributed by atoms with Crippen LogP contribution in [0.2, 0.25) is 0 Å². The average Bonchev–Trinajstić information content (AvgIpc) is 2.66. The molecule has 0 aliphatic heterocycles. The number of aromatic amines is 1. The van der Waals surface area contributed by atoms with Crippen LogP contribution in [0.15, 0.2) is 21.9 Å². The van der Waals surface area contributed by atoms with Crippen molar-refractivity contribution in [1.29, 1.82) is 0 Å². The molecule has 1 aromatic rings. The van der Waals surface area contributed by atoms with E-state index in [1.165, 1.54) is 6.20 Å². The summed E-state index contributed by atoms with van der Waals surface area (Å²) in [6, 6.07) is -1.09. The third kappa shape index (κ3) is 2.38. The molecule has 0 spiro atoms. The van der Waals surface area contributed by atoms with E-state index in [2.05, 4.69) is 0 Å². The Morgan fingerprint density at radius 2 is 2.05 bits per heavy atom. The number of aromatic nitrogens is 2.